The molecule has 4 rings (SSSR count). The van der Waals surface area contributed by atoms with Crippen molar-refractivity contribution in [1.29, 1.82) is 0 Å². The fourth-order valence-electron chi connectivity index (χ4n) is 3.08. The fourth-order valence-corrected chi connectivity index (χ4v) is 3.08. The number of furan rings is 1. The predicted octanol–water partition coefficient (Wildman–Crippen LogP) is 3.10. The monoisotopic (exact) mass is 458 g/mol. The summed E-state index contributed by atoms with van der Waals surface area (Å²) in [6, 6.07) is 22.2. The number of carbonyl (C=O) groups excluding carboxylic acids is 2. The van der Waals surface area contributed by atoms with Crippen LogP contribution < -0.4 is 20.9 Å². The van der Waals surface area contributed by atoms with E-state index in [1.807, 2.05) is 30.3 Å². The first-order valence-electron chi connectivity index (χ1n) is 10.6. The molecule has 0 saturated carbocycles. The third kappa shape index (κ3) is 5.98. The Morgan fingerprint density at radius 1 is 0.912 bits per heavy atom. The Hall–Kier alpha value is -4.66. The summed E-state index contributed by atoms with van der Waals surface area (Å²) >= 11 is 0. The van der Waals surface area contributed by atoms with Crippen LogP contribution in [0.4, 0.5) is 5.69 Å². The Kier molecular flexibility index (Phi) is 7.14. The molecule has 0 radical (unpaired) electrons. The Morgan fingerprint density at radius 3 is 2.44 bits per heavy atom. The molecule has 0 bridgehead atoms. The van der Waals surface area contributed by atoms with E-state index in [1.165, 1.54) is 23.1 Å². The molecule has 2 aromatic carbocycles. The van der Waals surface area contributed by atoms with Crippen molar-refractivity contribution in [3.8, 4) is 5.75 Å². The van der Waals surface area contributed by atoms with Gasteiger partial charge in [-0.3, -0.25) is 14.4 Å². The van der Waals surface area contributed by atoms with Crippen LogP contribution in [0, 0.1) is 0 Å². The van der Waals surface area contributed by atoms with Crippen molar-refractivity contribution < 1.29 is 18.7 Å². The molecule has 172 valence electrons. The average molecular weight is 458 g/mol. The summed E-state index contributed by atoms with van der Waals surface area (Å²) in [5.74, 6) is 0.155. The molecule has 0 aliphatic carbocycles. The van der Waals surface area contributed by atoms with Crippen molar-refractivity contribution >= 4 is 17.5 Å². The molecular weight excluding hydrogens is 436 g/mol. The van der Waals surface area contributed by atoms with Gasteiger partial charge in [-0.25, -0.2) is 4.68 Å². The molecule has 9 nitrogen and oxygen atoms in total. The fraction of sp³-hybridized carbons (Fsp3) is 0.120. The first-order chi connectivity index (χ1) is 16.6. The van der Waals surface area contributed by atoms with E-state index >= 15 is 0 Å². The molecule has 0 unspecified atom stereocenters. The standard InChI is InChI=1S/C25H22N4O5/c30-23-13-12-21(28-29(23)14-16-33-20-5-2-1-3-6-20)24(31)26-17-18-8-10-19(11-9-18)27-25(32)22-7-4-15-34-22/h1-13,15H,14,16-17H2,(H,26,31)(H,27,32). The highest BCUT2D eigenvalue weighted by Gasteiger charge is 2.11. The van der Waals surface area contributed by atoms with Gasteiger partial charge in [-0.1, -0.05) is 30.3 Å². The van der Waals surface area contributed by atoms with Crippen molar-refractivity contribution in [2.24, 2.45) is 0 Å². The molecule has 9 heteroatoms. The van der Waals surface area contributed by atoms with Crippen molar-refractivity contribution in [2.75, 3.05) is 11.9 Å². The van der Waals surface area contributed by atoms with E-state index in [1.54, 1.807) is 36.4 Å². The highest BCUT2D eigenvalue weighted by Crippen LogP contribution is 2.12. The summed E-state index contributed by atoms with van der Waals surface area (Å²) in [7, 11) is 0. The summed E-state index contributed by atoms with van der Waals surface area (Å²) in [5, 5.41) is 9.65. The van der Waals surface area contributed by atoms with E-state index in [9.17, 15) is 14.4 Å². The SMILES string of the molecule is O=C(NCc1ccc(NC(=O)c2ccco2)cc1)c1ccc(=O)n(CCOc2ccccc2)n1. The Morgan fingerprint density at radius 2 is 1.71 bits per heavy atom. The molecule has 0 aliphatic rings. The van der Waals surface area contributed by atoms with Gasteiger partial charge in [-0.15, -0.1) is 0 Å². The van der Waals surface area contributed by atoms with Crippen LogP contribution in [0.1, 0.15) is 26.6 Å². The number of hydrogen-bond acceptors (Lipinski definition) is 6. The van der Waals surface area contributed by atoms with E-state index in [0.717, 1.165) is 5.56 Å². The molecular formula is C25H22N4O5. The minimum absolute atomic E-state index is 0.127. The van der Waals surface area contributed by atoms with Crippen LogP contribution in [-0.2, 0) is 13.1 Å². The molecule has 0 spiro atoms. The summed E-state index contributed by atoms with van der Waals surface area (Å²) in [4.78, 5) is 36.6. The third-order valence-corrected chi connectivity index (χ3v) is 4.82. The summed E-state index contributed by atoms with van der Waals surface area (Å²) in [6.07, 6.45) is 1.43. The van der Waals surface area contributed by atoms with Crippen LogP contribution in [-0.4, -0.2) is 28.2 Å². The number of hydrogen-bond donors (Lipinski definition) is 2. The summed E-state index contributed by atoms with van der Waals surface area (Å²) in [6.45, 7) is 0.702. The van der Waals surface area contributed by atoms with Crippen LogP contribution in [0.5, 0.6) is 5.75 Å². The number of anilines is 1. The lowest BCUT2D eigenvalue weighted by molar-refractivity contribution is 0.0942. The number of nitrogens with zero attached hydrogens (tertiary/aromatic N) is 2. The first kappa shape index (κ1) is 22.5. The topological polar surface area (TPSA) is 115 Å². The molecule has 2 aromatic heterocycles. The number of para-hydroxylation sites is 1. The molecule has 0 saturated heterocycles. The van der Waals surface area contributed by atoms with Gasteiger partial charge in [0.2, 0.25) is 0 Å². The number of benzene rings is 2. The average Bonchev–Trinajstić information content (AvgIpc) is 3.41. The van der Waals surface area contributed by atoms with Gasteiger partial charge in [-0.2, -0.15) is 5.10 Å². The summed E-state index contributed by atoms with van der Waals surface area (Å²) in [5.41, 5.74) is 1.24. The van der Waals surface area contributed by atoms with Crippen molar-refractivity contribution in [1.82, 2.24) is 15.1 Å². The zero-order valence-corrected chi connectivity index (χ0v) is 18.1. The Balaban J connectivity index is 1.29. The normalized spacial score (nSPS) is 10.5. The van der Waals surface area contributed by atoms with Crippen molar-refractivity contribution in [2.45, 2.75) is 13.1 Å². The van der Waals surface area contributed by atoms with Gasteiger partial charge in [0.25, 0.3) is 17.4 Å². The molecule has 4 aromatic rings. The van der Waals surface area contributed by atoms with Gasteiger partial charge >= 0.3 is 0 Å². The molecule has 2 N–H and O–H groups in total. The van der Waals surface area contributed by atoms with Gasteiger partial charge in [-0.05, 0) is 48.0 Å². The lowest BCUT2D eigenvalue weighted by Crippen LogP contribution is -2.30. The minimum Gasteiger partial charge on any atom is -0.492 e. The Labute approximate surface area is 195 Å². The van der Waals surface area contributed by atoms with E-state index in [0.29, 0.717) is 11.4 Å². The first-order valence-corrected chi connectivity index (χ1v) is 10.6. The number of ether oxygens (including phenoxy) is 1. The van der Waals surface area contributed by atoms with Gasteiger partial charge in [0.1, 0.15) is 18.1 Å². The second-order valence-electron chi connectivity index (χ2n) is 7.25. The minimum atomic E-state index is -0.409. The second-order valence-corrected chi connectivity index (χ2v) is 7.25. The van der Waals surface area contributed by atoms with E-state index < -0.39 is 5.91 Å². The number of rotatable bonds is 9. The zero-order valence-electron chi connectivity index (χ0n) is 18.1. The number of aromatic nitrogens is 2. The zero-order chi connectivity index (χ0) is 23.8. The second kappa shape index (κ2) is 10.8. The van der Waals surface area contributed by atoms with Crippen LogP contribution in [0.15, 0.2) is 94.3 Å². The van der Waals surface area contributed by atoms with Gasteiger partial charge in [0.05, 0.1) is 12.8 Å². The van der Waals surface area contributed by atoms with Crippen LogP contribution >= 0.6 is 0 Å². The maximum atomic E-state index is 12.5. The van der Waals surface area contributed by atoms with Gasteiger partial charge in [0, 0.05) is 18.3 Å². The predicted molar refractivity (Wildman–Crippen MR) is 125 cm³/mol. The molecule has 0 aliphatic heterocycles. The van der Waals surface area contributed by atoms with Crippen LogP contribution in [0.25, 0.3) is 0 Å². The van der Waals surface area contributed by atoms with E-state index in [2.05, 4.69) is 15.7 Å². The highest BCUT2D eigenvalue weighted by atomic mass is 16.5. The summed E-state index contributed by atoms with van der Waals surface area (Å²) < 4.78 is 11.9. The molecule has 2 amide bonds. The van der Waals surface area contributed by atoms with Crippen molar-refractivity contribution in [3.63, 3.8) is 0 Å². The largest absolute Gasteiger partial charge is 0.492 e. The van der Waals surface area contributed by atoms with Crippen LogP contribution in [0.2, 0.25) is 0 Å². The number of nitrogens with one attached hydrogen (secondary N) is 2. The van der Waals surface area contributed by atoms with Crippen LogP contribution in [0.3, 0.4) is 0 Å². The number of carbonyl (C=O) groups is 2. The molecule has 2 heterocycles. The number of amides is 2. The van der Waals surface area contributed by atoms with Gasteiger partial charge < -0.3 is 19.8 Å². The maximum Gasteiger partial charge on any atom is 0.291 e. The van der Waals surface area contributed by atoms with Gasteiger partial charge in [0.15, 0.2) is 5.76 Å². The van der Waals surface area contributed by atoms with Crippen molar-refractivity contribution in [3.05, 3.63) is 112 Å². The quantitative estimate of drug-likeness (QED) is 0.398. The molecule has 0 atom stereocenters. The highest BCUT2D eigenvalue weighted by molar-refractivity contribution is 6.02. The smallest absolute Gasteiger partial charge is 0.291 e. The lowest BCUT2D eigenvalue weighted by Gasteiger charge is -2.10. The Bertz CT molecular complexity index is 1300. The third-order valence-electron chi connectivity index (χ3n) is 4.82. The maximum absolute atomic E-state index is 12.5. The lowest BCUT2D eigenvalue weighted by atomic mass is 10.2. The van der Waals surface area contributed by atoms with E-state index in [-0.39, 0.29) is 42.6 Å². The van der Waals surface area contributed by atoms with E-state index in [4.69, 9.17) is 9.15 Å². The molecule has 34 heavy (non-hydrogen) atoms. The molecule has 0 fully saturated rings.